The zero-order chi connectivity index (χ0) is 20.1. The van der Waals surface area contributed by atoms with Gasteiger partial charge in [-0.3, -0.25) is 9.80 Å². The van der Waals surface area contributed by atoms with E-state index >= 15 is 0 Å². The maximum Gasteiger partial charge on any atom is 0.103 e. The van der Waals surface area contributed by atoms with E-state index in [9.17, 15) is 0 Å². The molecule has 1 aromatic rings. The first-order valence-corrected chi connectivity index (χ1v) is 10.9. The second-order valence-corrected chi connectivity index (χ2v) is 10.5. The number of nitrogens with two attached hydrogens (primary N) is 1. The zero-order valence-corrected chi connectivity index (χ0v) is 17.9. The van der Waals surface area contributed by atoms with Gasteiger partial charge in [0.15, 0.2) is 0 Å². The predicted molar refractivity (Wildman–Crippen MR) is 113 cm³/mol. The van der Waals surface area contributed by atoms with Crippen molar-refractivity contribution in [1.29, 1.82) is 5.26 Å². The highest BCUT2D eigenvalue weighted by molar-refractivity contribution is 5.22. The standard InChI is InChI=1S/C15H22N2.C9H14N2/c1-15(2,17-9-12-8-13(12)10-17)14(16)11-6-4-3-5-7-11;1-9(2,6-10)11-4-7-3-8(7)5-11/h3-7,12-14H,8-10,16H2,1-2H3;7-8H,3-5H2,1-2H3. The summed E-state index contributed by atoms with van der Waals surface area (Å²) < 4.78 is 0. The average Bonchev–Trinajstić information content (AvgIpc) is 3.54. The summed E-state index contributed by atoms with van der Waals surface area (Å²) in [5.41, 5.74) is 7.55. The van der Waals surface area contributed by atoms with Gasteiger partial charge in [-0.1, -0.05) is 30.3 Å². The molecule has 4 nitrogen and oxygen atoms in total. The molecular weight excluding hydrogens is 344 g/mol. The van der Waals surface area contributed by atoms with E-state index in [0.29, 0.717) is 0 Å². The number of nitrogens with zero attached hydrogens (tertiary/aromatic N) is 3. The summed E-state index contributed by atoms with van der Waals surface area (Å²) >= 11 is 0. The zero-order valence-electron chi connectivity index (χ0n) is 17.9. The van der Waals surface area contributed by atoms with Gasteiger partial charge in [0, 0.05) is 37.8 Å². The molecule has 0 spiro atoms. The van der Waals surface area contributed by atoms with Gasteiger partial charge in [0.1, 0.15) is 5.54 Å². The molecule has 1 aromatic carbocycles. The molecule has 0 amide bonds. The highest BCUT2D eigenvalue weighted by atomic mass is 15.2. The van der Waals surface area contributed by atoms with Crippen molar-refractivity contribution in [2.24, 2.45) is 29.4 Å². The summed E-state index contributed by atoms with van der Waals surface area (Å²) in [6.07, 6.45) is 2.87. The second kappa shape index (κ2) is 7.13. The van der Waals surface area contributed by atoms with E-state index in [4.69, 9.17) is 11.0 Å². The fourth-order valence-electron chi connectivity index (χ4n) is 5.06. The summed E-state index contributed by atoms with van der Waals surface area (Å²) in [5.74, 6) is 3.81. The van der Waals surface area contributed by atoms with Crippen LogP contribution >= 0.6 is 0 Å². The molecule has 2 heterocycles. The Morgan fingerprint density at radius 1 is 0.893 bits per heavy atom. The number of hydrogen-bond donors (Lipinski definition) is 1. The van der Waals surface area contributed by atoms with E-state index in [0.717, 1.165) is 36.8 Å². The number of likely N-dealkylation sites (tertiary alicyclic amines) is 2. The van der Waals surface area contributed by atoms with Crippen molar-refractivity contribution in [3.8, 4) is 6.07 Å². The quantitative estimate of drug-likeness (QED) is 0.866. The minimum atomic E-state index is -0.229. The third-order valence-corrected chi connectivity index (χ3v) is 7.76. The average molecular weight is 381 g/mol. The summed E-state index contributed by atoms with van der Waals surface area (Å²) in [5, 5.41) is 8.86. The van der Waals surface area contributed by atoms with E-state index in [1.807, 2.05) is 19.9 Å². The molecule has 0 radical (unpaired) electrons. The van der Waals surface area contributed by atoms with Crippen LogP contribution in [-0.4, -0.2) is 47.1 Å². The van der Waals surface area contributed by atoms with Crippen molar-refractivity contribution >= 4 is 0 Å². The summed E-state index contributed by atoms with van der Waals surface area (Å²) in [6.45, 7) is 13.4. The number of piperidine rings is 2. The van der Waals surface area contributed by atoms with Crippen molar-refractivity contribution in [2.45, 2.75) is 57.7 Å². The van der Waals surface area contributed by atoms with Crippen LogP contribution in [0, 0.1) is 35.0 Å². The lowest BCUT2D eigenvalue weighted by atomic mass is 9.87. The Morgan fingerprint density at radius 2 is 1.36 bits per heavy atom. The number of nitriles is 1. The van der Waals surface area contributed by atoms with E-state index in [1.54, 1.807) is 0 Å². The first-order valence-electron chi connectivity index (χ1n) is 10.9. The van der Waals surface area contributed by atoms with Crippen molar-refractivity contribution in [1.82, 2.24) is 9.80 Å². The Bertz CT molecular complexity index is 715. The maximum absolute atomic E-state index is 8.86. The molecule has 5 rings (SSSR count). The molecule has 5 unspecified atom stereocenters. The molecule has 2 saturated carbocycles. The van der Waals surface area contributed by atoms with Gasteiger partial charge in [-0.25, -0.2) is 0 Å². The van der Waals surface area contributed by atoms with Gasteiger partial charge in [0.25, 0.3) is 0 Å². The largest absolute Gasteiger partial charge is 0.322 e. The van der Waals surface area contributed by atoms with Crippen LogP contribution in [0.2, 0.25) is 0 Å². The van der Waals surface area contributed by atoms with Gasteiger partial charge in [-0.15, -0.1) is 0 Å². The van der Waals surface area contributed by atoms with Crippen molar-refractivity contribution in [3.63, 3.8) is 0 Å². The SMILES string of the molecule is CC(C)(C#N)N1CC2CC2C1.CC(C)(C(N)c1ccccc1)N1CC2CC2C1. The topological polar surface area (TPSA) is 56.3 Å². The molecule has 4 fully saturated rings. The normalized spacial score (nSPS) is 32.6. The van der Waals surface area contributed by atoms with Crippen molar-refractivity contribution in [3.05, 3.63) is 35.9 Å². The molecule has 0 aromatic heterocycles. The highest BCUT2D eigenvalue weighted by Gasteiger charge is 2.50. The molecule has 0 bridgehead atoms. The molecule has 28 heavy (non-hydrogen) atoms. The van der Waals surface area contributed by atoms with Gasteiger partial charge in [0.2, 0.25) is 0 Å². The van der Waals surface area contributed by atoms with E-state index in [1.165, 1.54) is 31.5 Å². The van der Waals surface area contributed by atoms with Crippen LogP contribution in [0.1, 0.15) is 52.1 Å². The first kappa shape index (κ1) is 19.9. The summed E-state index contributed by atoms with van der Waals surface area (Å²) in [6, 6.07) is 12.9. The van der Waals surface area contributed by atoms with Crippen LogP contribution in [-0.2, 0) is 0 Å². The fraction of sp³-hybridized carbons (Fsp3) is 0.708. The summed E-state index contributed by atoms with van der Waals surface area (Å²) in [7, 11) is 0. The van der Waals surface area contributed by atoms with Crippen LogP contribution in [0.4, 0.5) is 0 Å². The maximum atomic E-state index is 8.86. The molecule has 4 aliphatic rings. The predicted octanol–water partition coefficient (Wildman–Crippen LogP) is 3.66. The lowest BCUT2D eigenvalue weighted by Crippen LogP contribution is -2.50. The first-order chi connectivity index (χ1) is 13.2. The minimum absolute atomic E-state index is 0.0643. The number of hydrogen-bond acceptors (Lipinski definition) is 4. The van der Waals surface area contributed by atoms with Crippen LogP contribution < -0.4 is 5.73 Å². The highest BCUT2D eigenvalue weighted by Crippen LogP contribution is 2.48. The molecular formula is C24H36N4. The monoisotopic (exact) mass is 380 g/mol. The van der Waals surface area contributed by atoms with Crippen LogP contribution in [0.3, 0.4) is 0 Å². The Morgan fingerprint density at radius 3 is 1.82 bits per heavy atom. The molecule has 2 aliphatic heterocycles. The molecule has 152 valence electrons. The number of benzene rings is 1. The van der Waals surface area contributed by atoms with Gasteiger partial charge in [-0.05, 0) is 69.8 Å². The Balaban J connectivity index is 0.000000151. The minimum Gasteiger partial charge on any atom is -0.322 e. The smallest absolute Gasteiger partial charge is 0.103 e. The molecule has 2 N–H and O–H groups in total. The Labute approximate surface area is 170 Å². The van der Waals surface area contributed by atoms with E-state index in [-0.39, 0.29) is 17.1 Å². The molecule has 5 atom stereocenters. The third kappa shape index (κ3) is 3.85. The van der Waals surface area contributed by atoms with Crippen LogP contribution in [0.15, 0.2) is 30.3 Å². The second-order valence-electron chi connectivity index (χ2n) is 10.5. The Hall–Kier alpha value is -1.41. The van der Waals surface area contributed by atoms with Crippen molar-refractivity contribution in [2.75, 3.05) is 26.2 Å². The molecule has 2 saturated heterocycles. The van der Waals surface area contributed by atoms with E-state index in [2.05, 4.69) is 54.0 Å². The molecule has 4 heteroatoms. The lowest BCUT2D eigenvalue weighted by molar-refractivity contribution is 0.109. The van der Waals surface area contributed by atoms with Gasteiger partial charge in [0.05, 0.1) is 6.07 Å². The van der Waals surface area contributed by atoms with Gasteiger partial charge >= 0.3 is 0 Å². The fourth-order valence-corrected chi connectivity index (χ4v) is 5.06. The number of rotatable bonds is 4. The van der Waals surface area contributed by atoms with Gasteiger partial charge < -0.3 is 5.73 Å². The van der Waals surface area contributed by atoms with Crippen LogP contribution in [0.25, 0.3) is 0 Å². The van der Waals surface area contributed by atoms with E-state index < -0.39 is 0 Å². The molecule has 2 aliphatic carbocycles. The van der Waals surface area contributed by atoms with Crippen molar-refractivity contribution < 1.29 is 0 Å². The van der Waals surface area contributed by atoms with Crippen LogP contribution in [0.5, 0.6) is 0 Å². The lowest BCUT2D eigenvalue weighted by Gasteiger charge is -2.41. The third-order valence-electron chi connectivity index (χ3n) is 7.76. The summed E-state index contributed by atoms with van der Waals surface area (Å²) in [4.78, 5) is 4.90. The number of fused-ring (bicyclic) bond motifs is 2. The Kier molecular flexibility index (Phi) is 5.06. The van der Waals surface area contributed by atoms with Gasteiger partial charge in [-0.2, -0.15) is 5.26 Å².